The Bertz CT molecular complexity index is 276. The molecule has 4 nitrogen and oxygen atoms in total. The Kier molecular flexibility index (Phi) is 2.41. The van der Waals surface area contributed by atoms with E-state index in [9.17, 15) is 4.79 Å². The minimum absolute atomic E-state index is 0.0341. The third kappa shape index (κ3) is 1.51. The molecule has 2 heterocycles. The molecule has 0 aliphatic carbocycles. The van der Waals surface area contributed by atoms with Gasteiger partial charge in [-0.2, -0.15) is 0 Å². The Morgan fingerprint density at radius 1 is 1.27 bits per heavy atom. The fourth-order valence-corrected chi connectivity index (χ4v) is 2.41. The molecule has 2 aliphatic heterocycles. The number of carbonyl (C=O) groups is 1. The van der Waals surface area contributed by atoms with Crippen molar-refractivity contribution < 1.29 is 19.0 Å². The molecule has 0 amide bonds. The lowest BCUT2D eigenvalue weighted by atomic mass is 9.86. The molecule has 4 heteroatoms. The first-order valence-corrected chi connectivity index (χ1v) is 5.44. The quantitative estimate of drug-likeness (QED) is 0.653. The summed E-state index contributed by atoms with van der Waals surface area (Å²) in [6.07, 6.45) is 0.998. The Morgan fingerprint density at radius 2 is 1.93 bits per heavy atom. The Morgan fingerprint density at radius 3 is 2.40 bits per heavy atom. The van der Waals surface area contributed by atoms with E-state index in [1.54, 1.807) is 0 Å². The maximum atomic E-state index is 11.1. The summed E-state index contributed by atoms with van der Waals surface area (Å²) in [4.78, 5) is 11.1. The van der Waals surface area contributed by atoms with Gasteiger partial charge in [-0.05, 0) is 20.3 Å². The van der Waals surface area contributed by atoms with Crippen molar-refractivity contribution in [1.29, 1.82) is 0 Å². The zero-order valence-corrected chi connectivity index (χ0v) is 9.65. The van der Waals surface area contributed by atoms with Crippen LogP contribution in [0.15, 0.2) is 0 Å². The summed E-state index contributed by atoms with van der Waals surface area (Å²) >= 11 is 0. The molecule has 0 N–H and O–H groups in total. The lowest BCUT2D eigenvalue weighted by Crippen LogP contribution is -2.40. The molecule has 2 fully saturated rings. The average Bonchev–Trinajstić information content (AvgIpc) is 2.59. The summed E-state index contributed by atoms with van der Waals surface area (Å²) < 4.78 is 17.0. The maximum Gasteiger partial charge on any atom is 0.188 e. The molecular formula is C11H18O4. The van der Waals surface area contributed by atoms with Crippen LogP contribution in [0.2, 0.25) is 0 Å². The van der Waals surface area contributed by atoms with E-state index >= 15 is 0 Å². The van der Waals surface area contributed by atoms with Gasteiger partial charge in [-0.3, -0.25) is 0 Å². The van der Waals surface area contributed by atoms with Crippen molar-refractivity contribution in [1.82, 2.24) is 0 Å². The van der Waals surface area contributed by atoms with Crippen LogP contribution in [0, 0.1) is 5.92 Å². The van der Waals surface area contributed by atoms with Crippen LogP contribution in [-0.4, -0.2) is 30.1 Å². The predicted octanol–water partition coefficient (Wildman–Crippen LogP) is 1.48. The van der Waals surface area contributed by atoms with Gasteiger partial charge in [0.2, 0.25) is 0 Å². The number of hydrogen-bond acceptors (Lipinski definition) is 4. The fraction of sp³-hybridized carbons (Fsp3) is 0.909. The molecule has 86 valence electrons. The molecule has 0 aromatic rings. The molecule has 0 unspecified atom stereocenters. The molecule has 15 heavy (non-hydrogen) atoms. The largest absolute Gasteiger partial charge is 0.341 e. The van der Waals surface area contributed by atoms with Crippen molar-refractivity contribution in [2.45, 2.75) is 57.9 Å². The van der Waals surface area contributed by atoms with Gasteiger partial charge in [0.15, 0.2) is 18.4 Å². The Hall–Kier alpha value is -0.450. The second-order valence-electron chi connectivity index (χ2n) is 4.80. The van der Waals surface area contributed by atoms with E-state index < -0.39 is 17.7 Å². The summed E-state index contributed by atoms with van der Waals surface area (Å²) in [7, 11) is 0. The van der Waals surface area contributed by atoms with E-state index in [0.717, 1.165) is 6.29 Å². The van der Waals surface area contributed by atoms with Crippen molar-refractivity contribution in [2.75, 3.05) is 0 Å². The number of carbonyl (C=O) groups excluding carboxylic acids is 1. The molecule has 2 rings (SSSR count). The molecule has 4 atom stereocenters. The standard InChI is InChI=1S/C11H18O4/c1-5-11(6-12)7(2)8-9(15-11)14-10(3,4)13-8/h6-9H,5H2,1-4H3/t7-,8-,9+,11-/m1/s1. The highest BCUT2D eigenvalue weighted by atomic mass is 16.8. The summed E-state index contributed by atoms with van der Waals surface area (Å²) in [5.74, 6) is -0.571. The number of rotatable bonds is 2. The highest BCUT2D eigenvalue weighted by molar-refractivity contribution is 5.64. The molecular weight excluding hydrogens is 196 g/mol. The smallest absolute Gasteiger partial charge is 0.188 e. The molecule has 0 radical (unpaired) electrons. The third-order valence-corrected chi connectivity index (χ3v) is 3.44. The lowest BCUT2D eigenvalue weighted by Gasteiger charge is -2.29. The third-order valence-electron chi connectivity index (χ3n) is 3.44. The van der Waals surface area contributed by atoms with E-state index in [-0.39, 0.29) is 12.0 Å². The van der Waals surface area contributed by atoms with Gasteiger partial charge in [0, 0.05) is 5.92 Å². The molecule has 0 bridgehead atoms. The first-order chi connectivity index (χ1) is 6.94. The summed E-state index contributed by atoms with van der Waals surface area (Å²) in [5.41, 5.74) is -0.730. The first kappa shape index (κ1) is 11.0. The van der Waals surface area contributed by atoms with Gasteiger partial charge in [0.05, 0.1) is 0 Å². The average molecular weight is 214 g/mol. The zero-order chi connectivity index (χ0) is 11.3. The predicted molar refractivity (Wildman–Crippen MR) is 53.2 cm³/mol. The normalized spacial score (nSPS) is 47.9. The van der Waals surface area contributed by atoms with Gasteiger partial charge in [0.25, 0.3) is 0 Å². The van der Waals surface area contributed by atoms with E-state index in [1.165, 1.54) is 0 Å². The lowest BCUT2D eigenvalue weighted by molar-refractivity contribution is -0.226. The Labute approximate surface area is 89.9 Å². The SMILES string of the molecule is CC[C@]1(C=O)O[C@@H]2OC(C)(C)O[C@@H]2[C@H]1C. The van der Waals surface area contributed by atoms with Crippen molar-refractivity contribution >= 4 is 6.29 Å². The fourth-order valence-electron chi connectivity index (χ4n) is 2.41. The first-order valence-electron chi connectivity index (χ1n) is 5.44. The minimum Gasteiger partial charge on any atom is -0.341 e. The molecule has 0 saturated carbocycles. The Balaban J connectivity index is 2.21. The van der Waals surface area contributed by atoms with Crippen molar-refractivity contribution in [3.63, 3.8) is 0 Å². The monoisotopic (exact) mass is 214 g/mol. The van der Waals surface area contributed by atoms with Gasteiger partial charge < -0.3 is 19.0 Å². The molecule has 0 aromatic heterocycles. The number of aldehydes is 1. The zero-order valence-electron chi connectivity index (χ0n) is 9.65. The van der Waals surface area contributed by atoms with Crippen molar-refractivity contribution in [3.05, 3.63) is 0 Å². The maximum absolute atomic E-state index is 11.1. The number of hydrogen-bond donors (Lipinski definition) is 0. The van der Waals surface area contributed by atoms with Gasteiger partial charge in [-0.1, -0.05) is 13.8 Å². The highest BCUT2D eigenvalue weighted by Gasteiger charge is 2.59. The summed E-state index contributed by atoms with van der Waals surface area (Å²) in [5, 5.41) is 0. The van der Waals surface area contributed by atoms with E-state index in [0.29, 0.717) is 6.42 Å². The summed E-state index contributed by atoms with van der Waals surface area (Å²) in [6, 6.07) is 0. The molecule has 2 saturated heterocycles. The molecule has 2 aliphatic rings. The van der Waals surface area contributed by atoms with Crippen molar-refractivity contribution in [3.8, 4) is 0 Å². The van der Waals surface area contributed by atoms with E-state index in [1.807, 2.05) is 27.7 Å². The minimum atomic E-state index is -0.730. The van der Waals surface area contributed by atoms with Crippen LogP contribution in [0.5, 0.6) is 0 Å². The van der Waals surface area contributed by atoms with Gasteiger partial charge in [0.1, 0.15) is 11.7 Å². The highest BCUT2D eigenvalue weighted by Crippen LogP contribution is 2.46. The topological polar surface area (TPSA) is 44.8 Å². The number of ether oxygens (including phenoxy) is 3. The number of fused-ring (bicyclic) bond motifs is 1. The van der Waals surface area contributed by atoms with Crippen LogP contribution in [0.25, 0.3) is 0 Å². The van der Waals surface area contributed by atoms with E-state index in [2.05, 4.69) is 0 Å². The van der Waals surface area contributed by atoms with Crippen LogP contribution in [0.4, 0.5) is 0 Å². The van der Waals surface area contributed by atoms with Crippen LogP contribution < -0.4 is 0 Å². The van der Waals surface area contributed by atoms with Gasteiger partial charge in [-0.25, -0.2) is 0 Å². The van der Waals surface area contributed by atoms with Crippen LogP contribution in [-0.2, 0) is 19.0 Å². The van der Waals surface area contributed by atoms with Gasteiger partial charge in [-0.15, -0.1) is 0 Å². The molecule has 0 spiro atoms. The van der Waals surface area contributed by atoms with Gasteiger partial charge >= 0.3 is 0 Å². The van der Waals surface area contributed by atoms with Crippen LogP contribution in [0.3, 0.4) is 0 Å². The van der Waals surface area contributed by atoms with Crippen molar-refractivity contribution in [2.24, 2.45) is 5.92 Å². The molecule has 0 aromatic carbocycles. The van der Waals surface area contributed by atoms with Crippen LogP contribution in [0.1, 0.15) is 34.1 Å². The van der Waals surface area contributed by atoms with E-state index in [4.69, 9.17) is 14.2 Å². The summed E-state index contributed by atoms with van der Waals surface area (Å²) in [6.45, 7) is 7.64. The van der Waals surface area contributed by atoms with Crippen LogP contribution >= 0.6 is 0 Å². The second-order valence-corrected chi connectivity index (χ2v) is 4.80. The second kappa shape index (κ2) is 3.27.